The number of hydrogen-bond donors (Lipinski definition) is 0. The van der Waals surface area contributed by atoms with Crippen molar-refractivity contribution in [1.82, 2.24) is 13.7 Å². The summed E-state index contributed by atoms with van der Waals surface area (Å²) in [5, 5.41) is 13.1. The first-order valence-corrected chi connectivity index (χ1v) is 21.1. The molecule has 272 valence electrons. The molecule has 0 fully saturated rings. The minimum Gasteiger partial charge on any atom is -0.310 e. The molecule has 2 aliphatic heterocycles. The van der Waals surface area contributed by atoms with Gasteiger partial charge in [0.25, 0.3) is 6.71 Å². The van der Waals surface area contributed by atoms with Gasteiger partial charge in [-0.3, -0.25) is 0 Å². The van der Waals surface area contributed by atoms with Gasteiger partial charge in [0.1, 0.15) is 0 Å². The molecule has 1 aliphatic carbocycles. The summed E-state index contributed by atoms with van der Waals surface area (Å²) in [6, 6.07) is 69.1. The summed E-state index contributed by atoms with van der Waals surface area (Å²) in [4.78, 5) is 0. The molecule has 0 radical (unpaired) electrons. The predicted octanol–water partition coefficient (Wildman–Crippen LogP) is 12.1. The number of rotatable bonds is 1. The fourth-order valence-corrected chi connectivity index (χ4v) is 12.3. The Morgan fingerprint density at radius 1 is 0.317 bits per heavy atom. The highest BCUT2D eigenvalue weighted by molar-refractivity contribution is 7.00. The molecule has 3 nitrogen and oxygen atoms in total. The second-order valence-electron chi connectivity index (χ2n) is 17.1. The highest BCUT2D eigenvalue weighted by Crippen LogP contribution is 2.51. The molecule has 0 saturated carbocycles. The normalized spacial score (nSPS) is 13.3. The van der Waals surface area contributed by atoms with Crippen molar-refractivity contribution in [2.24, 2.45) is 0 Å². The van der Waals surface area contributed by atoms with Crippen LogP contribution in [0.1, 0.15) is 0 Å². The molecule has 0 atom stereocenters. The lowest BCUT2D eigenvalue weighted by Gasteiger charge is -2.35. The zero-order chi connectivity index (χ0) is 38.5. The first-order chi connectivity index (χ1) is 29.8. The summed E-state index contributed by atoms with van der Waals surface area (Å²) in [5.74, 6) is 0. The van der Waals surface area contributed by atoms with Crippen LogP contribution in [0, 0.1) is 0 Å². The molecule has 0 N–H and O–H groups in total. The zero-order valence-electron chi connectivity index (χ0n) is 32.2. The molecule has 5 heterocycles. The van der Waals surface area contributed by atoms with Crippen LogP contribution in [0.15, 0.2) is 182 Å². The van der Waals surface area contributed by atoms with Crippen molar-refractivity contribution in [2.45, 2.75) is 0 Å². The maximum absolute atomic E-state index is 2.66. The van der Waals surface area contributed by atoms with E-state index < -0.39 is 0 Å². The second-order valence-corrected chi connectivity index (χ2v) is 17.1. The summed E-state index contributed by atoms with van der Waals surface area (Å²) < 4.78 is 7.79. The molecule has 16 rings (SSSR count). The van der Waals surface area contributed by atoms with Gasteiger partial charge in [0, 0.05) is 43.7 Å². The van der Waals surface area contributed by atoms with Crippen LogP contribution < -0.4 is 16.4 Å². The summed E-state index contributed by atoms with van der Waals surface area (Å²) in [7, 11) is 0. The minimum atomic E-state index is 0.0289. The van der Waals surface area contributed by atoms with E-state index in [1.165, 1.54) is 143 Å². The molecular weight excluding hydrogens is 725 g/mol. The topological polar surface area (TPSA) is 14.8 Å². The average molecular weight is 756 g/mol. The molecule has 60 heavy (non-hydrogen) atoms. The van der Waals surface area contributed by atoms with Crippen LogP contribution in [-0.2, 0) is 0 Å². The van der Waals surface area contributed by atoms with E-state index >= 15 is 0 Å². The fraction of sp³-hybridized carbons (Fsp3) is 0. The van der Waals surface area contributed by atoms with E-state index in [9.17, 15) is 0 Å². The van der Waals surface area contributed by atoms with Crippen molar-refractivity contribution < 1.29 is 0 Å². The van der Waals surface area contributed by atoms with Gasteiger partial charge < -0.3 is 13.7 Å². The van der Waals surface area contributed by atoms with Crippen molar-refractivity contribution in [3.8, 4) is 39.3 Å². The van der Waals surface area contributed by atoms with E-state index in [-0.39, 0.29) is 6.71 Å². The molecule has 0 unspecified atom stereocenters. The second kappa shape index (κ2) is 10.2. The third kappa shape index (κ3) is 3.32. The van der Waals surface area contributed by atoms with Crippen LogP contribution in [0.4, 0.5) is 0 Å². The van der Waals surface area contributed by atoms with Crippen molar-refractivity contribution in [3.63, 3.8) is 0 Å². The van der Waals surface area contributed by atoms with Crippen molar-refractivity contribution in [1.29, 1.82) is 0 Å². The van der Waals surface area contributed by atoms with E-state index in [4.69, 9.17) is 0 Å². The molecule has 0 bridgehead atoms. The zero-order valence-corrected chi connectivity index (χ0v) is 32.2. The molecule has 4 heteroatoms. The SMILES string of the molecule is c1ccc2c(c1)-c1cccc3ccc4c(c13)c1c-2ccc2c1n4-c1cc(-n3c4ccccc4c4ccccc43)cc3c1B2c1cc2ccccc2c2c4ccccc4n-3c12. The molecule has 10 aromatic carbocycles. The number of benzene rings is 10. The lowest BCUT2D eigenvalue weighted by atomic mass is 9.34. The Labute approximate surface area is 343 Å². The number of hydrogen-bond acceptors (Lipinski definition) is 0. The Morgan fingerprint density at radius 3 is 1.63 bits per heavy atom. The number of para-hydroxylation sites is 3. The molecule has 0 saturated heterocycles. The molecular formula is C56H30BN3. The Morgan fingerprint density at radius 2 is 0.883 bits per heavy atom. The third-order valence-electron chi connectivity index (χ3n) is 14.5. The molecule has 3 aliphatic rings. The standard InChI is InChI=1S/C56H30BN3/c1-2-14-34-32(12-1)28-43-56-51(34)41-19-7-10-23-46(41)59(56)48-29-33(58-44-21-8-5-17-37(44)38-18-6-9-22-45(38)58)30-49-54(48)57(43)42-26-25-40-36-16-4-3-15-35(36)39-20-11-13-31-24-27-47-53(50(31)39)52(40)55(42)60(47)49/h1-30H. The lowest BCUT2D eigenvalue weighted by Crippen LogP contribution is -2.59. The van der Waals surface area contributed by atoms with Crippen LogP contribution >= 0.6 is 0 Å². The van der Waals surface area contributed by atoms with E-state index in [1.807, 2.05) is 0 Å². The van der Waals surface area contributed by atoms with Crippen molar-refractivity contribution >= 4 is 110 Å². The average Bonchev–Trinajstić information content (AvgIpc) is 3.93. The van der Waals surface area contributed by atoms with Gasteiger partial charge in [-0.1, -0.05) is 146 Å². The van der Waals surface area contributed by atoms with Gasteiger partial charge in [-0.25, -0.2) is 0 Å². The lowest BCUT2D eigenvalue weighted by molar-refractivity contribution is 1.10. The first-order valence-electron chi connectivity index (χ1n) is 21.1. The summed E-state index contributed by atoms with van der Waals surface area (Å²) >= 11 is 0. The Bertz CT molecular complexity index is 4140. The fourth-order valence-electron chi connectivity index (χ4n) is 12.3. The van der Waals surface area contributed by atoms with Crippen LogP contribution in [-0.4, -0.2) is 20.4 Å². The predicted molar refractivity (Wildman–Crippen MR) is 254 cm³/mol. The van der Waals surface area contributed by atoms with E-state index in [1.54, 1.807) is 0 Å². The van der Waals surface area contributed by atoms with E-state index in [0.29, 0.717) is 0 Å². The summed E-state index contributed by atoms with van der Waals surface area (Å²) in [6.07, 6.45) is 0. The van der Waals surface area contributed by atoms with Crippen LogP contribution in [0.2, 0.25) is 0 Å². The highest BCUT2D eigenvalue weighted by atomic mass is 15.1. The largest absolute Gasteiger partial charge is 0.310 e. The summed E-state index contributed by atoms with van der Waals surface area (Å²) in [6.45, 7) is 0.0289. The van der Waals surface area contributed by atoms with Crippen molar-refractivity contribution in [3.05, 3.63) is 182 Å². The van der Waals surface area contributed by atoms with Crippen LogP contribution in [0.25, 0.3) is 126 Å². The Balaban J connectivity index is 1.18. The smallest absolute Gasteiger partial charge is 0.252 e. The monoisotopic (exact) mass is 755 g/mol. The number of nitrogens with zero attached hydrogens (tertiary/aromatic N) is 3. The molecule has 0 amide bonds. The van der Waals surface area contributed by atoms with E-state index in [0.717, 1.165) is 0 Å². The van der Waals surface area contributed by atoms with Gasteiger partial charge in [0.2, 0.25) is 0 Å². The van der Waals surface area contributed by atoms with Crippen molar-refractivity contribution in [2.75, 3.05) is 0 Å². The molecule has 0 spiro atoms. The number of aromatic nitrogens is 3. The maximum Gasteiger partial charge on any atom is 0.252 e. The van der Waals surface area contributed by atoms with Gasteiger partial charge in [0.05, 0.1) is 38.8 Å². The van der Waals surface area contributed by atoms with E-state index in [2.05, 4.69) is 196 Å². The minimum absolute atomic E-state index is 0.0289. The van der Waals surface area contributed by atoms with Gasteiger partial charge >= 0.3 is 0 Å². The third-order valence-corrected chi connectivity index (χ3v) is 14.5. The maximum atomic E-state index is 2.66. The van der Waals surface area contributed by atoms with Crippen LogP contribution in [0.3, 0.4) is 0 Å². The quantitative estimate of drug-likeness (QED) is 0.148. The summed E-state index contributed by atoms with van der Waals surface area (Å²) in [5.41, 5.74) is 20.6. The van der Waals surface area contributed by atoms with Crippen LogP contribution in [0.5, 0.6) is 0 Å². The molecule has 13 aromatic rings. The Hall–Kier alpha value is -7.82. The van der Waals surface area contributed by atoms with Gasteiger partial charge in [0.15, 0.2) is 0 Å². The number of fused-ring (bicyclic) bond motifs is 16. The first kappa shape index (κ1) is 30.3. The Kier molecular flexibility index (Phi) is 5.17. The molecule has 3 aromatic heterocycles. The van der Waals surface area contributed by atoms with Gasteiger partial charge in [-0.2, -0.15) is 0 Å². The van der Waals surface area contributed by atoms with Gasteiger partial charge in [-0.15, -0.1) is 0 Å². The highest BCUT2D eigenvalue weighted by Gasteiger charge is 2.43. The van der Waals surface area contributed by atoms with Gasteiger partial charge in [-0.05, 0) is 96.6 Å².